The predicted molar refractivity (Wildman–Crippen MR) is 109 cm³/mol. The SMILES string of the molecule is CC(C)c1nnnn1CC(=O)Nc1ccc(Cc2nc3ccccc3s2)cc1. The van der Waals surface area contributed by atoms with E-state index in [4.69, 9.17) is 0 Å². The summed E-state index contributed by atoms with van der Waals surface area (Å²) >= 11 is 1.71. The Balaban J connectivity index is 1.38. The third-order valence-corrected chi connectivity index (χ3v) is 5.34. The summed E-state index contributed by atoms with van der Waals surface area (Å²) in [5.41, 5.74) is 2.94. The van der Waals surface area contributed by atoms with E-state index in [0.717, 1.165) is 28.2 Å². The lowest BCUT2D eigenvalue weighted by molar-refractivity contribution is -0.117. The summed E-state index contributed by atoms with van der Waals surface area (Å²) in [6.45, 7) is 4.07. The van der Waals surface area contributed by atoms with Gasteiger partial charge in [0.25, 0.3) is 0 Å². The van der Waals surface area contributed by atoms with Crippen molar-refractivity contribution in [3.8, 4) is 0 Å². The van der Waals surface area contributed by atoms with E-state index in [-0.39, 0.29) is 18.4 Å². The zero-order valence-corrected chi connectivity index (χ0v) is 16.5. The lowest BCUT2D eigenvalue weighted by Crippen LogP contribution is -2.21. The second-order valence-corrected chi connectivity index (χ2v) is 7.96. The molecule has 142 valence electrons. The van der Waals surface area contributed by atoms with Gasteiger partial charge in [0.2, 0.25) is 5.91 Å². The molecule has 0 aliphatic carbocycles. The maximum absolute atomic E-state index is 12.3. The van der Waals surface area contributed by atoms with Crippen molar-refractivity contribution in [2.24, 2.45) is 0 Å². The number of aromatic nitrogens is 5. The van der Waals surface area contributed by atoms with Gasteiger partial charge in [-0.15, -0.1) is 16.4 Å². The highest BCUT2D eigenvalue weighted by Gasteiger charge is 2.13. The molecule has 4 aromatic rings. The van der Waals surface area contributed by atoms with Crippen molar-refractivity contribution in [3.05, 3.63) is 64.9 Å². The van der Waals surface area contributed by atoms with Gasteiger partial charge in [0.15, 0.2) is 5.82 Å². The van der Waals surface area contributed by atoms with Crippen molar-refractivity contribution in [2.45, 2.75) is 32.7 Å². The lowest BCUT2D eigenvalue weighted by Gasteiger charge is -2.08. The van der Waals surface area contributed by atoms with Gasteiger partial charge in [0.1, 0.15) is 6.54 Å². The van der Waals surface area contributed by atoms with Crippen molar-refractivity contribution in [1.82, 2.24) is 25.2 Å². The topological polar surface area (TPSA) is 85.6 Å². The molecule has 0 spiro atoms. The monoisotopic (exact) mass is 392 g/mol. The summed E-state index contributed by atoms with van der Waals surface area (Å²) in [5.74, 6) is 0.694. The maximum Gasteiger partial charge on any atom is 0.246 e. The molecule has 0 saturated heterocycles. The fraction of sp³-hybridized carbons (Fsp3) is 0.250. The van der Waals surface area contributed by atoms with Crippen LogP contribution in [0.2, 0.25) is 0 Å². The van der Waals surface area contributed by atoms with E-state index in [1.165, 1.54) is 9.38 Å². The Morgan fingerprint density at radius 2 is 1.93 bits per heavy atom. The molecule has 0 saturated carbocycles. The maximum atomic E-state index is 12.3. The number of hydrogen-bond donors (Lipinski definition) is 1. The minimum atomic E-state index is -0.159. The van der Waals surface area contributed by atoms with Gasteiger partial charge < -0.3 is 5.32 Å². The van der Waals surface area contributed by atoms with Crippen LogP contribution >= 0.6 is 11.3 Å². The molecule has 0 fully saturated rings. The standard InChI is InChI=1S/C20H20N6OS/c1-13(2)20-23-24-25-26(20)12-18(27)21-15-9-7-14(8-10-15)11-19-22-16-5-3-4-6-17(16)28-19/h3-10,13H,11-12H2,1-2H3,(H,21,27). The van der Waals surface area contributed by atoms with Crippen LogP contribution < -0.4 is 5.32 Å². The van der Waals surface area contributed by atoms with Crippen LogP contribution in [0.3, 0.4) is 0 Å². The van der Waals surface area contributed by atoms with E-state index in [9.17, 15) is 4.79 Å². The zero-order chi connectivity index (χ0) is 19.5. The number of tetrazole rings is 1. The first kappa shape index (κ1) is 18.2. The summed E-state index contributed by atoms with van der Waals surface area (Å²) in [6, 6.07) is 16.0. The van der Waals surface area contributed by atoms with E-state index >= 15 is 0 Å². The van der Waals surface area contributed by atoms with E-state index in [0.29, 0.717) is 5.82 Å². The summed E-state index contributed by atoms with van der Waals surface area (Å²) in [6.07, 6.45) is 0.774. The Bertz CT molecular complexity index is 1070. The molecule has 0 atom stereocenters. The summed E-state index contributed by atoms with van der Waals surface area (Å²) in [5, 5.41) is 15.5. The fourth-order valence-electron chi connectivity index (χ4n) is 2.95. The first-order valence-corrected chi connectivity index (χ1v) is 9.89. The van der Waals surface area contributed by atoms with Crippen LogP contribution in [0, 0.1) is 0 Å². The number of nitrogens with one attached hydrogen (secondary N) is 1. The number of rotatable bonds is 6. The normalized spacial score (nSPS) is 11.2. The average Bonchev–Trinajstić information content (AvgIpc) is 3.29. The van der Waals surface area contributed by atoms with Crippen LogP contribution in [0.4, 0.5) is 5.69 Å². The summed E-state index contributed by atoms with van der Waals surface area (Å²) in [7, 11) is 0. The van der Waals surface area contributed by atoms with Crippen molar-refractivity contribution in [2.75, 3.05) is 5.32 Å². The Labute approximate surface area is 166 Å². The molecule has 0 aliphatic rings. The first-order valence-electron chi connectivity index (χ1n) is 9.08. The molecule has 8 heteroatoms. The molecule has 1 N–H and O–H groups in total. The smallest absolute Gasteiger partial charge is 0.246 e. The number of amides is 1. The molecule has 0 bridgehead atoms. The molecular weight excluding hydrogens is 372 g/mol. The highest BCUT2D eigenvalue weighted by Crippen LogP contribution is 2.24. The number of thiazole rings is 1. The van der Waals surface area contributed by atoms with Crippen molar-refractivity contribution in [3.63, 3.8) is 0 Å². The second-order valence-electron chi connectivity index (χ2n) is 6.85. The molecule has 28 heavy (non-hydrogen) atoms. The Morgan fingerprint density at radius 3 is 2.68 bits per heavy atom. The fourth-order valence-corrected chi connectivity index (χ4v) is 3.95. The second kappa shape index (κ2) is 7.85. The highest BCUT2D eigenvalue weighted by atomic mass is 32.1. The Hall–Kier alpha value is -3.13. The molecule has 2 aromatic heterocycles. The quantitative estimate of drug-likeness (QED) is 0.541. The number of anilines is 1. The van der Waals surface area contributed by atoms with Crippen molar-refractivity contribution >= 4 is 33.1 Å². The summed E-state index contributed by atoms with van der Waals surface area (Å²) < 4.78 is 2.73. The number of nitrogens with zero attached hydrogens (tertiary/aromatic N) is 5. The Morgan fingerprint density at radius 1 is 1.14 bits per heavy atom. The molecule has 1 amide bonds. The molecule has 4 rings (SSSR count). The van der Waals surface area contributed by atoms with Gasteiger partial charge >= 0.3 is 0 Å². The molecule has 0 unspecified atom stereocenters. The van der Waals surface area contributed by atoms with E-state index in [1.54, 1.807) is 11.3 Å². The number of fused-ring (bicyclic) bond motifs is 1. The molecular formula is C20H20N6OS. The number of carbonyl (C=O) groups excluding carboxylic acids is 1. The third kappa shape index (κ3) is 4.07. The zero-order valence-electron chi connectivity index (χ0n) is 15.7. The average molecular weight is 392 g/mol. The van der Waals surface area contributed by atoms with Crippen LogP contribution in [0.15, 0.2) is 48.5 Å². The molecule has 0 aliphatic heterocycles. The van der Waals surface area contributed by atoms with E-state index in [1.807, 2.05) is 56.3 Å². The number of hydrogen-bond acceptors (Lipinski definition) is 6. The van der Waals surface area contributed by atoms with Crippen LogP contribution in [0.25, 0.3) is 10.2 Å². The first-order chi connectivity index (χ1) is 13.6. The van der Waals surface area contributed by atoms with Gasteiger partial charge in [-0.3, -0.25) is 4.79 Å². The van der Waals surface area contributed by atoms with Gasteiger partial charge in [-0.1, -0.05) is 38.1 Å². The molecule has 0 radical (unpaired) electrons. The number of benzene rings is 2. The largest absolute Gasteiger partial charge is 0.324 e. The van der Waals surface area contributed by atoms with Gasteiger partial charge in [0.05, 0.1) is 15.2 Å². The summed E-state index contributed by atoms with van der Waals surface area (Å²) in [4.78, 5) is 17.0. The van der Waals surface area contributed by atoms with Crippen LogP contribution in [-0.4, -0.2) is 31.1 Å². The minimum Gasteiger partial charge on any atom is -0.324 e. The minimum absolute atomic E-state index is 0.0912. The molecule has 2 heterocycles. The number of carbonyl (C=O) groups is 1. The molecule has 7 nitrogen and oxygen atoms in total. The highest BCUT2D eigenvalue weighted by molar-refractivity contribution is 7.18. The van der Waals surface area contributed by atoms with Gasteiger partial charge in [-0.25, -0.2) is 9.67 Å². The van der Waals surface area contributed by atoms with Gasteiger partial charge in [-0.2, -0.15) is 0 Å². The van der Waals surface area contributed by atoms with Crippen molar-refractivity contribution in [1.29, 1.82) is 0 Å². The third-order valence-electron chi connectivity index (χ3n) is 4.30. The predicted octanol–water partition coefficient (Wildman–Crippen LogP) is 3.64. The van der Waals surface area contributed by atoms with Gasteiger partial charge in [0, 0.05) is 18.0 Å². The van der Waals surface area contributed by atoms with E-state index < -0.39 is 0 Å². The van der Waals surface area contributed by atoms with E-state index in [2.05, 4.69) is 31.9 Å². The van der Waals surface area contributed by atoms with Crippen molar-refractivity contribution < 1.29 is 4.79 Å². The number of para-hydroxylation sites is 1. The lowest BCUT2D eigenvalue weighted by atomic mass is 10.1. The van der Waals surface area contributed by atoms with Gasteiger partial charge in [-0.05, 0) is 40.3 Å². The molecule has 2 aromatic carbocycles. The Kier molecular flexibility index (Phi) is 5.12. The van der Waals surface area contributed by atoms with Crippen LogP contribution in [0.1, 0.15) is 36.2 Å². The van der Waals surface area contributed by atoms with Crippen LogP contribution in [0.5, 0.6) is 0 Å². The van der Waals surface area contributed by atoms with Crippen LogP contribution in [-0.2, 0) is 17.8 Å².